The smallest absolute Gasteiger partial charge is 0.106 e. The van der Waals surface area contributed by atoms with E-state index in [4.69, 9.17) is 0 Å². The van der Waals surface area contributed by atoms with Gasteiger partial charge in [0, 0.05) is 5.69 Å². The van der Waals surface area contributed by atoms with E-state index in [1.54, 1.807) is 0 Å². The molecule has 0 radical (unpaired) electrons. The molecular formula is C12H17NO. The molecule has 1 aromatic heterocycles. The van der Waals surface area contributed by atoms with Crippen LogP contribution in [0, 0.1) is 0 Å². The van der Waals surface area contributed by atoms with Gasteiger partial charge < -0.3 is 5.11 Å². The van der Waals surface area contributed by atoms with Gasteiger partial charge in [-0.1, -0.05) is 19.9 Å². The molecule has 0 aromatic carbocycles. The molecule has 0 saturated heterocycles. The molecule has 1 heterocycles. The SMILES string of the molecule is CC(C)c1cccc(C2(O)CCC2)n1. The maximum absolute atomic E-state index is 10.1. The lowest BCUT2D eigenvalue weighted by molar-refractivity contribution is -0.0427. The molecule has 0 atom stereocenters. The second-order valence-corrected chi connectivity index (χ2v) is 4.49. The van der Waals surface area contributed by atoms with Crippen LogP contribution in [0.3, 0.4) is 0 Å². The summed E-state index contributed by atoms with van der Waals surface area (Å²) in [5.74, 6) is 0.429. The van der Waals surface area contributed by atoms with Crippen molar-refractivity contribution in [2.24, 2.45) is 0 Å². The lowest BCUT2D eigenvalue weighted by Crippen LogP contribution is -2.34. The molecule has 1 N–H and O–H groups in total. The molecule has 2 rings (SSSR count). The molecule has 0 amide bonds. The topological polar surface area (TPSA) is 33.1 Å². The highest BCUT2D eigenvalue weighted by Crippen LogP contribution is 2.40. The van der Waals surface area contributed by atoms with E-state index < -0.39 is 5.60 Å². The van der Waals surface area contributed by atoms with E-state index in [1.165, 1.54) is 0 Å². The van der Waals surface area contributed by atoms with Gasteiger partial charge in [0.15, 0.2) is 0 Å². The van der Waals surface area contributed by atoms with E-state index in [1.807, 2.05) is 18.2 Å². The van der Waals surface area contributed by atoms with Crippen LogP contribution < -0.4 is 0 Å². The Balaban J connectivity index is 2.30. The van der Waals surface area contributed by atoms with E-state index in [9.17, 15) is 5.11 Å². The number of hydrogen-bond acceptors (Lipinski definition) is 2. The van der Waals surface area contributed by atoms with Gasteiger partial charge in [0.25, 0.3) is 0 Å². The number of aromatic nitrogens is 1. The molecule has 1 aromatic rings. The zero-order valence-corrected chi connectivity index (χ0v) is 8.83. The molecular weight excluding hydrogens is 174 g/mol. The van der Waals surface area contributed by atoms with Crippen molar-refractivity contribution in [3.05, 3.63) is 29.6 Å². The summed E-state index contributed by atoms with van der Waals surface area (Å²) < 4.78 is 0. The molecule has 0 spiro atoms. The molecule has 76 valence electrons. The van der Waals surface area contributed by atoms with E-state index >= 15 is 0 Å². The summed E-state index contributed by atoms with van der Waals surface area (Å²) in [6.07, 6.45) is 2.84. The molecule has 2 heteroatoms. The predicted molar refractivity (Wildman–Crippen MR) is 56.1 cm³/mol. The Hall–Kier alpha value is -0.890. The minimum atomic E-state index is -0.620. The number of rotatable bonds is 2. The Morgan fingerprint density at radius 3 is 2.57 bits per heavy atom. The lowest BCUT2D eigenvalue weighted by atomic mass is 9.77. The van der Waals surface area contributed by atoms with Crippen LogP contribution in [-0.2, 0) is 5.60 Å². The minimum absolute atomic E-state index is 0.429. The second kappa shape index (κ2) is 3.35. The molecule has 0 aliphatic heterocycles. The third-order valence-corrected chi connectivity index (χ3v) is 3.02. The first kappa shape index (κ1) is 9.66. The van der Waals surface area contributed by atoms with Crippen molar-refractivity contribution in [3.8, 4) is 0 Å². The van der Waals surface area contributed by atoms with Gasteiger partial charge in [0.2, 0.25) is 0 Å². The quantitative estimate of drug-likeness (QED) is 0.779. The normalized spacial score (nSPS) is 19.4. The fraction of sp³-hybridized carbons (Fsp3) is 0.583. The van der Waals surface area contributed by atoms with Gasteiger partial charge >= 0.3 is 0 Å². The Kier molecular flexibility index (Phi) is 2.31. The lowest BCUT2D eigenvalue weighted by Gasteiger charge is -2.36. The average molecular weight is 191 g/mol. The Morgan fingerprint density at radius 1 is 1.36 bits per heavy atom. The average Bonchev–Trinajstić information content (AvgIpc) is 2.14. The van der Waals surface area contributed by atoms with Gasteiger partial charge in [-0.2, -0.15) is 0 Å². The standard InChI is InChI=1S/C12H17NO/c1-9(2)10-5-3-6-11(13-10)12(14)7-4-8-12/h3,5-6,9,14H,4,7-8H2,1-2H3. The molecule has 14 heavy (non-hydrogen) atoms. The fourth-order valence-electron chi connectivity index (χ4n) is 1.80. The molecule has 1 fully saturated rings. The highest BCUT2D eigenvalue weighted by molar-refractivity contribution is 5.20. The molecule has 1 aliphatic rings. The first-order chi connectivity index (χ1) is 6.62. The van der Waals surface area contributed by atoms with E-state index in [-0.39, 0.29) is 0 Å². The van der Waals surface area contributed by atoms with Crippen LogP contribution >= 0.6 is 0 Å². The van der Waals surface area contributed by atoms with Crippen molar-refractivity contribution in [2.45, 2.75) is 44.6 Å². The van der Waals surface area contributed by atoms with Crippen LogP contribution in [0.2, 0.25) is 0 Å². The molecule has 1 saturated carbocycles. The van der Waals surface area contributed by atoms with Crippen molar-refractivity contribution >= 4 is 0 Å². The fourth-order valence-corrected chi connectivity index (χ4v) is 1.80. The third kappa shape index (κ3) is 1.55. The Bertz CT molecular complexity index is 329. The third-order valence-electron chi connectivity index (χ3n) is 3.02. The maximum atomic E-state index is 10.1. The summed E-state index contributed by atoms with van der Waals surface area (Å²) in [5, 5.41) is 10.1. The first-order valence-electron chi connectivity index (χ1n) is 5.32. The van der Waals surface area contributed by atoms with Crippen LogP contribution in [0.15, 0.2) is 18.2 Å². The predicted octanol–water partition coefficient (Wildman–Crippen LogP) is 2.58. The van der Waals surface area contributed by atoms with Crippen LogP contribution in [-0.4, -0.2) is 10.1 Å². The Labute approximate surface area is 85.0 Å². The summed E-state index contributed by atoms with van der Waals surface area (Å²) in [6, 6.07) is 5.95. The molecule has 1 aliphatic carbocycles. The largest absolute Gasteiger partial charge is 0.384 e. The van der Waals surface area contributed by atoms with Crippen molar-refractivity contribution in [1.82, 2.24) is 4.98 Å². The number of pyridine rings is 1. The van der Waals surface area contributed by atoms with Crippen molar-refractivity contribution in [2.75, 3.05) is 0 Å². The van der Waals surface area contributed by atoms with Gasteiger partial charge in [0.05, 0.1) is 5.69 Å². The summed E-state index contributed by atoms with van der Waals surface area (Å²) >= 11 is 0. The van der Waals surface area contributed by atoms with Crippen LogP contribution in [0.4, 0.5) is 0 Å². The molecule has 2 nitrogen and oxygen atoms in total. The zero-order valence-electron chi connectivity index (χ0n) is 8.83. The van der Waals surface area contributed by atoms with Gasteiger partial charge in [-0.25, -0.2) is 0 Å². The molecule has 0 unspecified atom stereocenters. The maximum Gasteiger partial charge on any atom is 0.106 e. The summed E-state index contributed by atoms with van der Waals surface area (Å²) in [7, 11) is 0. The van der Waals surface area contributed by atoms with Crippen molar-refractivity contribution < 1.29 is 5.11 Å². The van der Waals surface area contributed by atoms with Gasteiger partial charge in [0.1, 0.15) is 5.60 Å². The van der Waals surface area contributed by atoms with E-state index in [2.05, 4.69) is 18.8 Å². The summed E-state index contributed by atoms with van der Waals surface area (Å²) in [5.41, 5.74) is 1.31. The second-order valence-electron chi connectivity index (χ2n) is 4.49. The summed E-state index contributed by atoms with van der Waals surface area (Å²) in [4.78, 5) is 4.52. The van der Waals surface area contributed by atoms with Gasteiger partial charge in [-0.3, -0.25) is 4.98 Å². The van der Waals surface area contributed by atoms with Crippen LogP contribution in [0.5, 0.6) is 0 Å². The highest BCUT2D eigenvalue weighted by atomic mass is 16.3. The van der Waals surface area contributed by atoms with Gasteiger partial charge in [-0.15, -0.1) is 0 Å². The Morgan fingerprint density at radius 2 is 2.07 bits per heavy atom. The van der Waals surface area contributed by atoms with E-state index in [0.29, 0.717) is 5.92 Å². The highest BCUT2D eigenvalue weighted by Gasteiger charge is 2.37. The molecule has 0 bridgehead atoms. The van der Waals surface area contributed by atoms with Crippen LogP contribution in [0.25, 0.3) is 0 Å². The first-order valence-corrected chi connectivity index (χ1v) is 5.32. The van der Waals surface area contributed by atoms with Crippen molar-refractivity contribution in [3.63, 3.8) is 0 Å². The number of nitrogens with zero attached hydrogens (tertiary/aromatic N) is 1. The van der Waals surface area contributed by atoms with E-state index in [0.717, 1.165) is 30.7 Å². The number of aliphatic hydroxyl groups is 1. The minimum Gasteiger partial charge on any atom is -0.384 e. The van der Waals surface area contributed by atoms with Crippen LogP contribution in [0.1, 0.15) is 50.4 Å². The zero-order chi connectivity index (χ0) is 10.2. The van der Waals surface area contributed by atoms with Gasteiger partial charge in [-0.05, 0) is 37.3 Å². The monoisotopic (exact) mass is 191 g/mol. The summed E-state index contributed by atoms with van der Waals surface area (Å²) in [6.45, 7) is 4.24. The van der Waals surface area contributed by atoms with Crippen molar-refractivity contribution in [1.29, 1.82) is 0 Å². The number of hydrogen-bond donors (Lipinski definition) is 1.